The van der Waals surface area contributed by atoms with Crippen molar-refractivity contribution in [2.45, 2.75) is 12.5 Å². The number of nitrogens with zero attached hydrogens (tertiary/aromatic N) is 2. The molecule has 1 atom stereocenters. The van der Waals surface area contributed by atoms with Crippen molar-refractivity contribution in [3.8, 4) is 5.69 Å². The van der Waals surface area contributed by atoms with Crippen LogP contribution in [0.1, 0.15) is 11.6 Å². The van der Waals surface area contributed by atoms with Crippen LogP contribution in [-0.4, -0.2) is 29.3 Å². The van der Waals surface area contributed by atoms with E-state index in [-0.39, 0.29) is 19.1 Å². The summed E-state index contributed by atoms with van der Waals surface area (Å²) in [6.45, 7) is -0.133. The van der Waals surface area contributed by atoms with Crippen molar-refractivity contribution in [1.82, 2.24) is 15.1 Å². The molecule has 1 aromatic heterocycles. The zero-order chi connectivity index (χ0) is 13.7. The highest BCUT2D eigenvalue weighted by atomic mass is 19.3. The van der Waals surface area contributed by atoms with Crippen LogP contribution in [0.4, 0.5) is 8.78 Å². The molecule has 3 N–H and O–H groups in total. The molecule has 1 aromatic carbocycles. The molecule has 0 bridgehead atoms. The molecule has 0 aliphatic heterocycles. The van der Waals surface area contributed by atoms with Gasteiger partial charge < -0.3 is 11.1 Å². The maximum absolute atomic E-state index is 12.2. The monoisotopic (exact) mass is 266 g/mol. The molecular formula is C13H16F2N4. The highest BCUT2D eigenvalue weighted by Gasteiger charge is 2.14. The zero-order valence-corrected chi connectivity index (χ0v) is 10.3. The molecule has 1 unspecified atom stereocenters. The minimum atomic E-state index is -2.39. The quantitative estimate of drug-likeness (QED) is 0.837. The normalized spacial score (nSPS) is 12.8. The van der Waals surface area contributed by atoms with E-state index in [9.17, 15) is 8.78 Å². The van der Waals surface area contributed by atoms with Crippen LogP contribution < -0.4 is 11.1 Å². The average Bonchev–Trinajstić information content (AvgIpc) is 2.90. The van der Waals surface area contributed by atoms with Crippen molar-refractivity contribution >= 4 is 0 Å². The van der Waals surface area contributed by atoms with E-state index >= 15 is 0 Å². The molecule has 0 spiro atoms. The van der Waals surface area contributed by atoms with E-state index in [0.717, 1.165) is 11.3 Å². The van der Waals surface area contributed by atoms with Gasteiger partial charge in [0.2, 0.25) is 0 Å². The summed E-state index contributed by atoms with van der Waals surface area (Å²) in [4.78, 5) is 0. The highest BCUT2D eigenvalue weighted by Crippen LogP contribution is 2.14. The molecule has 0 radical (unpaired) electrons. The first-order chi connectivity index (χ1) is 9.20. The van der Waals surface area contributed by atoms with Crippen LogP contribution in [0.15, 0.2) is 42.7 Å². The lowest BCUT2D eigenvalue weighted by Crippen LogP contribution is -2.31. The first-order valence-electron chi connectivity index (χ1n) is 6.02. The second-order valence-electron chi connectivity index (χ2n) is 4.14. The Morgan fingerprint density at radius 2 is 2.00 bits per heavy atom. The second-order valence-corrected chi connectivity index (χ2v) is 4.14. The van der Waals surface area contributed by atoms with Gasteiger partial charge in [-0.2, -0.15) is 5.10 Å². The molecule has 2 rings (SSSR count). The number of alkyl halides is 2. The van der Waals surface area contributed by atoms with Gasteiger partial charge in [0.1, 0.15) is 0 Å². The lowest BCUT2D eigenvalue weighted by molar-refractivity contribution is 0.141. The number of benzene rings is 1. The van der Waals surface area contributed by atoms with Gasteiger partial charge >= 0.3 is 0 Å². The Labute approximate surface area is 110 Å². The van der Waals surface area contributed by atoms with Crippen LogP contribution in [0.2, 0.25) is 0 Å². The number of aromatic nitrogens is 2. The molecule has 0 fully saturated rings. The maximum Gasteiger partial charge on any atom is 0.250 e. The predicted octanol–water partition coefficient (Wildman–Crippen LogP) is 1.73. The number of rotatable bonds is 6. The Hall–Kier alpha value is -1.79. The zero-order valence-electron chi connectivity index (χ0n) is 10.3. The molecule has 0 saturated carbocycles. The van der Waals surface area contributed by atoms with Crippen molar-refractivity contribution in [3.05, 3.63) is 48.3 Å². The van der Waals surface area contributed by atoms with Crippen LogP contribution in [0, 0.1) is 0 Å². The Morgan fingerprint density at radius 3 is 2.63 bits per heavy atom. The first kappa shape index (κ1) is 13.6. The standard InChI is InChI=1S/C13H16F2N4/c14-13(15)8-17-12(6-16)10-7-18-19(9-10)11-4-2-1-3-5-11/h1-5,7,9,12-13,17H,6,8,16H2. The molecular weight excluding hydrogens is 250 g/mol. The van der Waals surface area contributed by atoms with Crippen molar-refractivity contribution in [3.63, 3.8) is 0 Å². The molecule has 19 heavy (non-hydrogen) atoms. The fourth-order valence-electron chi connectivity index (χ4n) is 1.81. The number of hydrogen-bond donors (Lipinski definition) is 2. The fourth-order valence-corrected chi connectivity index (χ4v) is 1.81. The minimum absolute atomic E-state index is 0.243. The lowest BCUT2D eigenvalue weighted by atomic mass is 10.1. The van der Waals surface area contributed by atoms with Crippen LogP contribution >= 0.6 is 0 Å². The van der Waals surface area contributed by atoms with Crippen molar-refractivity contribution < 1.29 is 8.78 Å². The summed E-state index contributed by atoms with van der Waals surface area (Å²) in [5, 5.41) is 6.94. The van der Waals surface area contributed by atoms with Crippen LogP contribution in [-0.2, 0) is 0 Å². The summed E-state index contributed by atoms with van der Waals surface area (Å²) in [5.74, 6) is 0. The van der Waals surface area contributed by atoms with Crippen molar-refractivity contribution in [2.24, 2.45) is 5.73 Å². The number of para-hydroxylation sites is 1. The Bertz CT molecular complexity index is 498. The van der Waals surface area contributed by atoms with Crippen molar-refractivity contribution in [1.29, 1.82) is 0 Å². The Kier molecular flexibility index (Phi) is 4.59. The van der Waals surface area contributed by atoms with Gasteiger partial charge in [0.05, 0.1) is 18.4 Å². The Morgan fingerprint density at radius 1 is 1.26 bits per heavy atom. The van der Waals surface area contributed by atoms with E-state index in [2.05, 4.69) is 10.4 Å². The van der Waals surface area contributed by atoms with Gasteiger partial charge in [0.25, 0.3) is 6.43 Å². The summed E-state index contributed by atoms with van der Waals surface area (Å²) in [7, 11) is 0. The molecule has 1 heterocycles. The molecule has 0 aliphatic carbocycles. The van der Waals surface area contributed by atoms with Gasteiger partial charge in [-0.05, 0) is 12.1 Å². The number of halogens is 2. The molecule has 0 amide bonds. The molecule has 0 saturated heterocycles. The van der Waals surface area contributed by atoms with E-state index in [0.29, 0.717) is 0 Å². The smallest absolute Gasteiger partial charge is 0.250 e. The molecule has 102 valence electrons. The van der Waals surface area contributed by atoms with E-state index in [1.165, 1.54) is 0 Å². The van der Waals surface area contributed by atoms with E-state index < -0.39 is 6.43 Å². The number of nitrogens with one attached hydrogen (secondary N) is 1. The van der Waals surface area contributed by atoms with Gasteiger partial charge in [-0.15, -0.1) is 0 Å². The third-order valence-corrected chi connectivity index (χ3v) is 2.78. The summed E-state index contributed by atoms with van der Waals surface area (Å²) in [6.07, 6.45) is 1.05. The SMILES string of the molecule is NCC(NCC(F)F)c1cnn(-c2ccccc2)c1. The Balaban J connectivity index is 2.11. The maximum atomic E-state index is 12.2. The molecule has 6 heteroatoms. The molecule has 2 aromatic rings. The average molecular weight is 266 g/mol. The molecule has 4 nitrogen and oxygen atoms in total. The molecule has 0 aliphatic rings. The van der Waals surface area contributed by atoms with Crippen molar-refractivity contribution in [2.75, 3.05) is 13.1 Å². The van der Waals surface area contributed by atoms with Gasteiger partial charge in [-0.3, -0.25) is 0 Å². The number of hydrogen-bond acceptors (Lipinski definition) is 3. The van der Waals surface area contributed by atoms with E-state index in [1.54, 1.807) is 17.1 Å². The van der Waals surface area contributed by atoms with Gasteiger partial charge in [-0.1, -0.05) is 18.2 Å². The van der Waals surface area contributed by atoms with E-state index in [1.807, 2.05) is 30.3 Å². The number of nitrogens with two attached hydrogens (primary N) is 1. The first-order valence-corrected chi connectivity index (χ1v) is 6.02. The predicted molar refractivity (Wildman–Crippen MR) is 69.4 cm³/mol. The highest BCUT2D eigenvalue weighted by molar-refractivity contribution is 5.31. The van der Waals surface area contributed by atoms with Gasteiger partial charge in [0.15, 0.2) is 0 Å². The van der Waals surface area contributed by atoms with E-state index in [4.69, 9.17) is 5.73 Å². The second kappa shape index (κ2) is 6.40. The van der Waals surface area contributed by atoms with Crippen LogP contribution in [0.25, 0.3) is 5.69 Å². The van der Waals surface area contributed by atoms with Gasteiger partial charge in [-0.25, -0.2) is 13.5 Å². The van der Waals surface area contributed by atoms with Crippen LogP contribution in [0.5, 0.6) is 0 Å². The van der Waals surface area contributed by atoms with Gasteiger partial charge in [0, 0.05) is 24.3 Å². The largest absolute Gasteiger partial charge is 0.329 e. The summed E-state index contributed by atoms with van der Waals surface area (Å²) in [5.41, 5.74) is 7.31. The third kappa shape index (κ3) is 3.59. The summed E-state index contributed by atoms with van der Waals surface area (Å²) < 4.78 is 26.1. The third-order valence-electron chi connectivity index (χ3n) is 2.78. The summed E-state index contributed by atoms with van der Waals surface area (Å²) in [6, 6.07) is 9.26. The topological polar surface area (TPSA) is 55.9 Å². The fraction of sp³-hybridized carbons (Fsp3) is 0.308. The minimum Gasteiger partial charge on any atom is -0.329 e. The van der Waals surface area contributed by atoms with Crippen LogP contribution in [0.3, 0.4) is 0 Å². The summed E-state index contributed by atoms with van der Waals surface area (Å²) >= 11 is 0. The lowest BCUT2D eigenvalue weighted by Gasteiger charge is -2.14.